The molecule has 2 aliphatic heterocycles. The third kappa shape index (κ3) is 5.61. The van der Waals surface area contributed by atoms with Crippen molar-refractivity contribution in [3.05, 3.63) is 49.2 Å². The zero-order valence-corrected chi connectivity index (χ0v) is 22.8. The monoisotopic (exact) mass is 520 g/mol. The summed E-state index contributed by atoms with van der Waals surface area (Å²) in [5.74, 6) is 0.109. The second-order valence-corrected chi connectivity index (χ2v) is 11.1. The van der Waals surface area contributed by atoms with Crippen molar-refractivity contribution < 1.29 is 9.53 Å². The van der Waals surface area contributed by atoms with Gasteiger partial charge in [0.15, 0.2) is 0 Å². The number of pyridine rings is 1. The minimum Gasteiger partial charge on any atom is -0.381 e. The van der Waals surface area contributed by atoms with Crippen LogP contribution in [0.2, 0.25) is 0 Å². The van der Waals surface area contributed by atoms with E-state index < -0.39 is 0 Å². The molecular formula is C26H37ClN4O3S. The molecule has 2 fully saturated rings. The van der Waals surface area contributed by atoms with Crippen molar-refractivity contribution in [1.82, 2.24) is 14.7 Å². The summed E-state index contributed by atoms with van der Waals surface area (Å²) in [7, 11) is 0. The van der Waals surface area contributed by atoms with Gasteiger partial charge in [0.1, 0.15) is 0 Å². The SMILES string of the molecule is CCN(c1sc(C2CCNCC2)c(C(=O)N(Cl)Cc2c(C)cc(C)[nH]c2=O)c1C)C1CCOCC1. The molecule has 0 unspecified atom stereocenters. The number of halogens is 1. The number of amides is 1. The van der Waals surface area contributed by atoms with Crippen molar-refractivity contribution in [2.75, 3.05) is 37.7 Å². The molecule has 0 bridgehead atoms. The lowest BCUT2D eigenvalue weighted by Gasteiger charge is -2.35. The number of ether oxygens (including phenoxy) is 1. The first-order valence-electron chi connectivity index (χ1n) is 12.7. The van der Waals surface area contributed by atoms with Crippen LogP contribution in [-0.4, -0.2) is 54.2 Å². The number of rotatable bonds is 7. The zero-order chi connectivity index (χ0) is 25.1. The number of hydrogen-bond acceptors (Lipinski definition) is 6. The smallest absolute Gasteiger partial charge is 0.270 e. The summed E-state index contributed by atoms with van der Waals surface area (Å²) in [4.78, 5) is 32.8. The topological polar surface area (TPSA) is 77.7 Å². The number of carbonyl (C=O) groups excluding carboxylic acids is 1. The van der Waals surface area contributed by atoms with Crippen molar-refractivity contribution >= 4 is 34.0 Å². The quantitative estimate of drug-likeness (QED) is 0.520. The van der Waals surface area contributed by atoms with Gasteiger partial charge in [0, 0.05) is 53.7 Å². The standard InChI is InChI=1S/C26H37ClN4O3S/c1-5-30(20-8-12-34-13-9-20)26-18(4)22(23(35-26)19-6-10-28-11-7-19)25(33)31(27)15-21-16(2)14-17(3)29-24(21)32/h14,19-20,28H,5-13,15H2,1-4H3,(H,29,32). The number of thiophene rings is 1. The molecule has 2 aromatic rings. The maximum Gasteiger partial charge on any atom is 0.270 e. The molecule has 0 saturated carbocycles. The lowest BCUT2D eigenvalue weighted by molar-refractivity contribution is 0.0843. The molecule has 4 rings (SSSR count). The van der Waals surface area contributed by atoms with Crippen LogP contribution in [0, 0.1) is 20.8 Å². The largest absolute Gasteiger partial charge is 0.381 e. The average Bonchev–Trinajstić information content (AvgIpc) is 3.19. The fourth-order valence-electron chi connectivity index (χ4n) is 5.41. The molecule has 35 heavy (non-hydrogen) atoms. The molecular weight excluding hydrogens is 484 g/mol. The maximum atomic E-state index is 13.9. The van der Waals surface area contributed by atoms with Crippen LogP contribution in [-0.2, 0) is 11.3 Å². The Kier molecular flexibility index (Phi) is 8.58. The lowest BCUT2D eigenvalue weighted by Crippen LogP contribution is -2.39. The van der Waals surface area contributed by atoms with Gasteiger partial charge < -0.3 is 19.9 Å². The predicted molar refractivity (Wildman–Crippen MR) is 143 cm³/mol. The summed E-state index contributed by atoms with van der Waals surface area (Å²) in [5, 5.41) is 4.61. The molecule has 192 valence electrons. The zero-order valence-electron chi connectivity index (χ0n) is 21.2. The van der Waals surface area contributed by atoms with Crippen molar-refractivity contribution in [3.8, 4) is 0 Å². The number of nitrogens with one attached hydrogen (secondary N) is 2. The van der Waals surface area contributed by atoms with Crippen LogP contribution in [0.4, 0.5) is 5.00 Å². The van der Waals surface area contributed by atoms with Gasteiger partial charge in [0.25, 0.3) is 11.5 Å². The molecule has 2 saturated heterocycles. The van der Waals surface area contributed by atoms with E-state index >= 15 is 0 Å². The van der Waals surface area contributed by atoms with E-state index in [0.717, 1.165) is 85.8 Å². The second kappa shape index (κ2) is 11.5. The van der Waals surface area contributed by atoms with E-state index in [2.05, 4.69) is 29.0 Å². The molecule has 0 radical (unpaired) electrons. The summed E-state index contributed by atoms with van der Waals surface area (Å²) in [5.41, 5.74) is 3.68. The number of H-pyrrole nitrogens is 1. The lowest BCUT2D eigenvalue weighted by atomic mass is 9.92. The van der Waals surface area contributed by atoms with E-state index in [1.807, 2.05) is 19.9 Å². The number of nitrogens with zero attached hydrogens (tertiary/aromatic N) is 2. The van der Waals surface area contributed by atoms with Crippen LogP contribution in [0.3, 0.4) is 0 Å². The molecule has 0 aromatic carbocycles. The Labute approximate surface area is 216 Å². The summed E-state index contributed by atoms with van der Waals surface area (Å²) in [6.07, 6.45) is 3.99. The van der Waals surface area contributed by atoms with Crippen LogP contribution in [0.25, 0.3) is 0 Å². The van der Waals surface area contributed by atoms with Gasteiger partial charge in [-0.1, -0.05) is 0 Å². The van der Waals surface area contributed by atoms with Gasteiger partial charge >= 0.3 is 0 Å². The number of piperidine rings is 1. The molecule has 0 spiro atoms. The third-order valence-electron chi connectivity index (χ3n) is 7.32. The van der Waals surface area contributed by atoms with Gasteiger partial charge in [-0.3, -0.25) is 9.59 Å². The second-order valence-electron chi connectivity index (χ2n) is 9.69. The Balaban J connectivity index is 1.70. The van der Waals surface area contributed by atoms with Gasteiger partial charge in [0.2, 0.25) is 0 Å². The number of aromatic amines is 1. The van der Waals surface area contributed by atoms with Gasteiger partial charge in [-0.2, -0.15) is 0 Å². The summed E-state index contributed by atoms with van der Waals surface area (Å²) < 4.78 is 6.80. The highest BCUT2D eigenvalue weighted by atomic mass is 35.5. The van der Waals surface area contributed by atoms with Gasteiger partial charge in [0.05, 0.1) is 17.1 Å². The van der Waals surface area contributed by atoms with E-state index in [0.29, 0.717) is 17.5 Å². The van der Waals surface area contributed by atoms with Crippen LogP contribution in [0.1, 0.15) is 76.1 Å². The predicted octanol–water partition coefficient (Wildman–Crippen LogP) is 4.63. The molecule has 0 atom stereocenters. The van der Waals surface area contributed by atoms with Crippen molar-refractivity contribution in [2.24, 2.45) is 0 Å². The minimum atomic E-state index is -0.220. The fraction of sp³-hybridized carbons (Fsp3) is 0.615. The van der Waals surface area contributed by atoms with E-state index in [4.69, 9.17) is 16.5 Å². The molecule has 0 aliphatic carbocycles. The summed E-state index contributed by atoms with van der Waals surface area (Å²) >= 11 is 8.39. The number of aryl methyl sites for hydroxylation is 2. The Morgan fingerprint density at radius 1 is 1.17 bits per heavy atom. The number of hydrogen-bond donors (Lipinski definition) is 2. The molecule has 2 N–H and O–H groups in total. The normalized spacial score (nSPS) is 17.5. The first-order chi connectivity index (χ1) is 16.8. The van der Waals surface area contributed by atoms with Crippen LogP contribution in [0.5, 0.6) is 0 Å². The van der Waals surface area contributed by atoms with Gasteiger partial charge in [-0.25, -0.2) is 4.42 Å². The molecule has 1 amide bonds. The van der Waals surface area contributed by atoms with Crippen molar-refractivity contribution in [2.45, 2.75) is 71.9 Å². The Morgan fingerprint density at radius 2 is 1.86 bits per heavy atom. The first kappa shape index (κ1) is 26.2. The van der Waals surface area contributed by atoms with E-state index in [-0.39, 0.29) is 18.0 Å². The molecule has 4 heterocycles. The minimum absolute atomic E-state index is 0.0651. The first-order valence-corrected chi connectivity index (χ1v) is 13.8. The fourth-order valence-corrected chi connectivity index (χ4v) is 7.22. The third-order valence-corrected chi connectivity index (χ3v) is 9.08. The highest BCUT2D eigenvalue weighted by molar-refractivity contribution is 7.16. The molecule has 9 heteroatoms. The Morgan fingerprint density at radius 3 is 2.49 bits per heavy atom. The summed E-state index contributed by atoms with van der Waals surface area (Å²) in [6.45, 7) is 12.4. The highest BCUT2D eigenvalue weighted by Gasteiger charge is 2.33. The maximum absolute atomic E-state index is 13.9. The van der Waals surface area contributed by atoms with Crippen LogP contribution < -0.4 is 15.8 Å². The Hall–Kier alpha value is -1.87. The molecule has 7 nitrogen and oxygen atoms in total. The highest BCUT2D eigenvalue weighted by Crippen LogP contribution is 2.44. The molecule has 2 aliphatic rings. The number of anilines is 1. The van der Waals surface area contributed by atoms with Gasteiger partial charge in [-0.15, -0.1) is 11.3 Å². The summed E-state index contributed by atoms with van der Waals surface area (Å²) in [6, 6.07) is 2.32. The van der Waals surface area contributed by atoms with E-state index in [9.17, 15) is 9.59 Å². The van der Waals surface area contributed by atoms with Crippen LogP contribution >= 0.6 is 23.1 Å². The van der Waals surface area contributed by atoms with E-state index in [1.54, 1.807) is 11.3 Å². The van der Waals surface area contributed by atoms with Crippen molar-refractivity contribution in [1.29, 1.82) is 0 Å². The Bertz CT molecular complexity index is 1100. The number of aromatic nitrogens is 1. The molecule has 2 aromatic heterocycles. The van der Waals surface area contributed by atoms with Crippen LogP contribution in [0.15, 0.2) is 10.9 Å². The van der Waals surface area contributed by atoms with Gasteiger partial charge in [-0.05, 0) is 89.6 Å². The van der Waals surface area contributed by atoms with Crippen molar-refractivity contribution in [3.63, 3.8) is 0 Å². The van der Waals surface area contributed by atoms with E-state index in [1.165, 1.54) is 9.42 Å². The number of carbonyl (C=O) groups is 1. The average molecular weight is 521 g/mol.